The van der Waals surface area contributed by atoms with Crippen LogP contribution < -0.4 is 0 Å². The maximum absolute atomic E-state index is 13.0. The molecule has 0 unspecified atom stereocenters. The summed E-state index contributed by atoms with van der Waals surface area (Å²) in [6, 6.07) is 0. The summed E-state index contributed by atoms with van der Waals surface area (Å²) < 4.78 is 23.9. The Hall–Kier alpha value is -1.15. The molecule has 11 heteroatoms. The molecule has 0 aromatic carbocycles. The molecule has 4 saturated carbocycles. The van der Waals surface area contributed by atoms with Gasteiger partial charge in [0.05, 0.1) is 24.2 Å². The van der Waals surface area contributed by atoms with E-state index in [0.29, 0.717) is 11.8 Å². The maximum atomic E-state index is 13.0. The minimum atomic E-state index is -1.54. The molecular formula is C41H66O11. The molecule has 7 aliphatic rings. The Bertz CT molecular complexity index is 1410. The van der Waals surface area contributed by atoms with Gasteiger partial charge in [0.15, 0.2) is 12.6 Å². The summed E-state index contributed by atoms with van der Waals surface area (Å²) in [5, 5.41) is 63.6. The molecule has 7 rings (SSSR count). The number of aliphatic hydroxyl groups excluding tert-OH is 5. The molecule has 0 spiro atoms. The van der Waals surface area contributed by atoms with Crippen LogP contribution in [0.3, 0.4) is 0 Å². The molecule has 11 nitrogen and oxygen atoms in total. The smallest absolute Gasteiger partial charge is 0.310 e. The molecule has 6 fully saturated rings. The fraction of sp³-hybridized carbons (Fsp3) is 0.927. The van der Waals surface area contributed by atoms with Crippen LogP contribution >= 0.6 is 0 Å². The van der Waals surface area contributed by atoms with Crippen molar-refractivity contribution in [2.24, 2.45) is 50.2 Å². The molecular weight excluding hydrogens is 668 g/mol. The Kier molecular flexibility index (Phi) is 9.74. The van der Waals surface area contributed by atoms with Crippen molar-refractivity contribution < 1.29 is 54.4 Å². The third-order valence-corrected chi connectivity index (χ3v) is 16.9. The van der Waals surface area contributed by atoms with E-state index >= 15 is 0 Å². The molecule has 17 atom stereocenters. The summed E-state index contributed by atoms with van der Waals surface area (Å²) in [7, 11) is 0. The van der Waals surface area contributed by atoms with Crippen molar-refractivity contribution in [2.45, 2.75) is 181 Å². The van der Waals surface area contributed by atoms with Gasteiger partial charge in [-0.05, 0) is 116 Å². The lowest BCUT2D eigenvalue weighted by Crippen LogP contribution is -2.66. The highest BCUT2D eigenvalue weighted by atomic mass is 16.7. The van der Waals surface area contributed by atoms with E-state index in [1.807, 2.05) is 0 Å². The van der Waals surface area contributed by atoms with E-state index in [-0.39, 0.29) is 45.7 Å². The van der Waals surface area contributed by atoms with E-state index < -0.39 is 66.7 Å². The Labute approximate surface area is 309 Å². The fourth-order valence-electron chi connectivity index (χ4n) is 13.3. The van der Waals surface area contributed by atoms with Gasteiger partial charge in [-0.15, -0.1) is 0 Å². The normalized spacial score (nSPS) is 54.1. The molecule has 6 N–H and O–H groups in total. The van der Waals surface area contributed by atoms with Crippen molar-refractivity contribution in [2.75, 3.05) is 6.61 Å². The number of hydrogen-bond acceptors (Lipinski definition) is 10. The van der Waals surface area contributed by atoms with E-state index in [4.69, 9.17) is 18.9 Å². The minimum Gasteiger partial charge on any atom is -0.481 e. The predicted octanol–water partition coefficient (Wildman–Crippen LogP) is 4.55. The van der Waals surface area contributed by atoms with E-state index in [1.54, 1.807) is 6.92 Å². The first-order chi connectivity index (χ1) is 24.1. The Morgan fingerprint density at radius 1 is 0.769 bits per heavy atom. The number of carboxylic acids is 1. The van der Waals surface area contributed by atoms with Crippen molar-refractivity contribution in [3.63, 3.8) is 0 Å². The molecule has 5 aliphatic carbocycles. The maximum Gasteiger partial charge on any atom is 0.310 e. The van der Waals surface area contributed by atoms with Crippen LogP contribution in [-0.4, -0.2) is 105 Å². The van der Waals surface area contributed by atoms with Crippen molar-refractivity contribution in [3.8, 4) is 0 Å². The zero-order chi connectivity index (χ0) is 38.0. The van der Waals surface area contributed by atoms with Gasteiger partial charge >= 0.3 is 5.97 Å². The third-order valence-electron chi connectivity index (χ3n) is 16.9. The molecule has 0 bridgehead atoms. The predicted molar refractivity (Wildman–Crippen MR) is 191 cm³/mol. The number of aliphatic hydroxyl groups is 5. The molecule has 52 heavy (non-hydrogen) atoms. The lowest BCUT2D eigenvalue weighted by molar-refractivity contribution is -0.348. The second-order valence-electron chi connectivity index (χ2n) is 20.2. The van der Waals surface area contributed by atoms with Crippen molar-refractivity contribution in [3.05, 3.63) is 11.6 Å². The van der Waals surface area contributed by atoms with Gasteiger partial charge in [-0.3, -0.25) is 4.79 Å². The number of rotatable bonds is 5. The van der Waals surface area contributed by atoms with Gasteiger partial charge in [0.1, 0.15) is 36.6 Å². The minimum absolute atomic E-state index is 0.0369. The average molecular weight is 735 g/mol. The molecule has 0 radical (unpaired) electrons. The Morgan fingerprint density at radius 2 is 1.44 bits per heavy atom. The summed E-state index contributed by atoms with van der Waals surface area (Å²) in [4.78, 5) is 13.0. The molecule has 0 aromatic rings. The number of carboxylic acid groups (broad SMARTS) is 1. The summed E-state index contributed by atoms with van der Waals surface area (Å²) >= 11 is 0. The molecule has 2 heterocycles. The fourth-order valence-corrected chi connectivity index (χ4v) is 13.3. The standard InChI is InChI=1S/C41H66O11/c1-21-28(42)30(44)32(46)34(50-21)51-24-20-49-33(31(45)29(24)43)52-27-12-13-38(6)25(37(27,4)5)11-14-40(8)26(38)10-9-22-23-19-36(2,3)15-17-41(23,35(47)48)18-16-39(22,40)7/h9,21,23-34,42-46H,10-20H2,1-8H3,(H,47,48)/t21-,23+,24+,25-,26+,27-,28-,29-,30+,31+,32+,33-,34+,38-,39+,40+,41-/m0/s1. The largest absolute Gasteiger partial charge is 0.481 e. The zero-order valence-corrected chi connectivity index (χ0v) is 32.6. The second-order valence-corrected chi connectivity index (χ2v) is 20.2. The number of carbonyl (C=O) groups is 1. The number of ether oxygens (including phenoxy) is 4. The lowest BCUT2D eigenvalue weighted by Gasteiger charge is -2.71. The molecule has 0 aromatic heterocycles. The van der Waals surface area contributed by atoms with Gasteiger partial charge in [0, 0.05) is 0 Å². The first-order valence-electron chi connectivity index (χ1n) is 20.1. The monoisotopic (exact) mass is 734 g/mol. The molecule has 296 valence electrons. The second kappa shape index (κ2) is 12.9. The summed E-state index contributed by atoms with van der Waals surface area (Å²) in [5.41, 5.74) is 0.683. The number of hydrogen-bond donors (Lipinski definition) is 6. The van der Waals surface area contributed by atoms with E-state index in [9.17, 15) is 35.4 Å². The molecule has 0 amide bonds. The van der Waals surface area contributed by atoms with Gasteiger partial charge in [0.25, 0.3) is 0 Å². The van der Waals surface area contributed by atoms with Crippen LogP contribution in [0.2, 0.25) is 0 Å². The van der Waals surface area contributed by atoms with Crippen molar-refractivity contribution in [1.82, 2.24) is 0 Å². The van der Waals surface area contributed by atoms with Crippen LogP contribution in [0.15, 0.2) is 11.6 Å². The topological polar surface area (TPSA) is 175 Å². The average Bonchev–Trinajstić information content (AvgIpc) is 3.06. The van der Waals surface area contributed by atoms with Crippen LogP contribution in [0.5, 0.6) is 0 Å². The van der Waals surface area contributed by atoms with Crippen LogP contribution in [-0.2, 0) is 23.7 Å². The third kappa shape index (κ3) is 5.64. The van der Waals surface area contributed by atoms with Crippen molar-refractivity contribution >= 4 is 5.97 Å². The Balaban J connectivity index is 1.06. The first-order valence-corrected chi connectivity index (χ1v) is 20.1. The van der Waals surface area contributed by atoms with Crippen LogP contribution in [0.1, 0.15) is 120 Å². The van der Waals surface area contributed by atoms with Gasteiger partial charge in [-0.2, -0.15) is 0 Å². The van der Waals surface area contributed by atoms with E-state index in [2.05, 4.69) is 54.5 Å². The van der Waals surface area contributed by atoms with Gasteiger partial charge in [-0.25, -0.2) is 0 Å². The zero-order valence-electron chi connectivity index (χ0n) is 32.6. The highest BCUT2D eigenvalue weighted by molar-refractivity contribution is 5.76. The van der Waals surface area contributed by atoms with Crippen molar-refractivity contribution in [1.29, 1.82) is 0 Å². The number of fused-ring (bicyclic) bond motifs is 7. The Morgan fingerprint density at radius 3 is 2.13 bits per heavy atom. The van der Waals surface area contributed by atoms with Gasteiger partial charge < -0.3 is 49.6 Å². The highest BCUT2D eigenvalue weighted by Crippen LogP contribution is 2.76. The first kappa shape index (κ1) is 39.1. The summed E-state index contributed by atoms with van der Waals surface area (Å²) in [6.07, 6.45) is 0.0764. The van der Waals surface area contributed by atoms with Crippen LogP contribution in [0, 0.1) is 50.2 Å². The van der Waals surface area contributed by atoms with Gasteiger partial charge in [0.2, 0.25) is 0 Å². The van der Waals surface area contributed by atoms with Gasteiger partial charge in [-0.1, -0.05) is 60.1 Å². The lowest BCUT2D eigenvalue weighted by atomic mass is 9.33. The number of allylic oxidation sites excluding steroid dienone is 2. The SMILES string of the molecule is C[C@@H]1O[C@H](O[C@@H]2CO[C@@H](O[C@H]3CC[C@]4(C)[C@H]5CC=C6[C@H]7CC(C)(C)CC[C@]7(C(=O)O)CC[C@@]6(C)[C@]5(C)CC[C@H]4C3(C)C)[C@H](O)[C@H]2O)[C@H](O)[C@H](O)[C@H]1O. The van der Waals surface area contributed by atoms with Crippen LogP contribution in [0.25, 0.3) is 0 Å². The van der Waals surface area contributed by atoms with E-state index in [0.717, 1.165) is 64.2 Å². The quantitative estimate of drug-likeness (QED) is 0.173. The van der Waals surface area contributed by atoms with Crippen LogP contribution in [0.4, 0.5) is 0 Å². The molecule has 2 saturated heterocycles. The van der Waals surface area contributed by atoms with E-state index in [1.165, 1.54) is 5.57 Å². The summed E-state index contributed by atoms with van der Waals surface area (Å²) in [5.74, 6) is 0.273. The highest BCUT2D eigenvalue weighted by Gasteiger charge is 2.69. The summed E-state index contributed by atoms with van der Waals surface area (Å²) in [6.45, 7) is 18.1. The number of aliphatic carboxylic acids is 1. The molecule has 2 aliphatic heterocycles.